The van der Waals surface area contributed by atoms with E-state index in [4.69, 9.17) is 0 Å². The lowest BCUT2D eigenvalue weighted by Crippen LogP contribution is -2.49. The van der Waals surface area contributed by atoms with Crippen LogP contribution in [-0.2, 0) is 21.2 Å². The van der Waals surface area contributed by atoms with Crippen LogP contribution in [0, 0.1) is 13.8 Å². The first-order chi connectivity index (χ1) is 15.8. The van der Waals surface area contributed by atoms with Gasteiger partial charge in [0.05, 0.1) is 11.3 Å². The fraction of sp³-hybridized carbons (Fsp3) is 0.292. The maximum absolute atomic E-state index is 12.7. The quantitative estimate of drug-likeness (QED) is 0.602. The van der Waals surface area contributed by atoms with E-state index in [2.05, 4.69) is 19.6 Å². The maximum atomic E-state index is 12.7. The van der Waals surface area contributed by atoms with E-state index in [9.17, 15) is 13.2 Å². The van der Waals surface area contributed by atoms with Gasteiger partial charge in [-0.2, -0.15) is 0 Å². The van der Waals surface area contributed by atoms with Crippen molar-refractivity contribution in [3.63, 3.8) is 0 Å². The summed E-state index contributed by atoms with van der Waals surface area (Å²) < 4.78 is 28.0. The number of rotatable bonds is 6. The monoisotopic (exact) mass is 465 g/mol. The van der Waals surface area contributed by atoms with Gasteiger partial charge in [-0.1, -0.05) is 18.2 Å². The predicted molar refractivity (Wildman–Crippen MR) is 128 cm³/mol. The summed E-state index contributed by atoms with van der Waals surface area (Å²) in [6.45, 7) is 6.44. The Morgan fingerprint density at radius 3 is 2.24 bits per heavy atom. The fourth-order valence-corrected chi connectivity index (χ4v) is 4.83. The lowest BCUT2D eigenvalue weighted by Gasteiger charge is -2.34. The number of benzene rings is 2. The molecule has 1 saturated heterocycles. The second-order valence-corrected chi connectivity index (χ2v) is 9.82. The van der Waals surface area contributed by atoms with E-state index < -0.39 is 10.0 Å². The van der Waals surface area contributed by atoms with Crippen LogP contribution in [0.15, 0.2) is 65.8 Å². The minimum atomic E-state index is -3.67. The Bertz CT molecular complexity index is 1220. The van der Waals surface area contributed by atoms with Gasteiger partial charge >= 0.3 is 0 Å². The molecule has 1 aliphatic rings. The molecule has 2 heterocycles. The van der Waals surface area contributed by atoms with Gasteiger partial charge in [-0.25, -0.2) is 18.4 Å². The first kappa shape index (κ1) is 22.7. The van der Waals surface area contributed by atoms with Crippen molar-refractivity contribution >= 4 is 27.6 Å². The van der Waals surface area contributed by atoms with E-state index >= 15 is 0 Å². The lowest BCUT2D eigenvalue weighted by molar-refractivity contribution is -0.130. The number of amides is 1. The summed E-state index contributed by atoms with van der Waals surface area (Å²) in [5, 5.41) is 0. The van der Waals surface area contributed by atoms with Crippen molar-refractivity contribution in [3.8, 4) is 0 Å². The van der Waals surface area contributed by atoms with Crippen LogP contribution < -0.4 is 9.62 Å². The van der Waals surface area contributed by atoms with Gasteiger partial charge in [0.15, 0.2) is 0 Å². The number of hydrogen-bond acceptors (Lipinski definition) is 6. The van der Waals surface area contributed by atoms with Gasteiger partial charge in [0.1, 0.15) is 0 Å². The van der Waals surface area contributed by atoms with Gasteiger partial charge in [0.2, 0.25) is 11.9 Å². The minimum absolute atomic E-state index is 0.0482. The number of piperazine rings is 1. The molecule has 4 rings (SSSR count). The highest BCUT2D eigenvalue weighted by atomic mass is 32.2. The molecule has 9 heteroatoms. The van der Waals surface area contributed by atoms with E-state index in [1.54, 1.807) is 60.9 Å². The Morgan fingerprint density at radius 2 is 1.61 bits per heavy atom. The molecule has 2 aromatic carbocycles. The highest BCUT2D eigenvalue weighted by Gasteiger charge is 2.22. The predicted octanol–water partition coefficient (Wildman–Crippen LogP) is 2.79. The molecule has 33 heavy (non-hydrogen) atoms. The summed E-state index contributed by atoms with van der Waals surface area (Å²) in [5.74, 6) is 0.732. The van der Waals surface area contributed by atoms with Crippen LogP contribution >= 0.6 is 0 Å². The van der Waals surface area contributed by atoms with Crippen LogP contribution in [0.2, 0.25) is 0 Å². The molecular weight excluding hydrogens is 438 g/mol. The zero-order valence-electron chi connectivity index (χ0n) is 18.7. The Labute approximate surface area is 194 Å². The van der Waals surface area contributed by atoms with Gasteiger partial charge in [0.25, 0.3) is 10.0 Å². The third-order valence-electron chi connectivity index (χ3n) is 5.82. The number of nitrogens with one attached hydrogen (secondary N) is 1. The van der Waals surface area contributed by atoms with Crippen molar-refractivity contribution < 1.29 is 13.2 Å². The summed E-state index contributed by atoms with van der Waals surface area (Å²) in [5.41, 5.74) is 3.26. The van der Waals surface area contributed by atoms with Gasteiger partial charge in [-0.05, 0) is 60.9 Å². The summed E-state index contributed by atoms with van der Waals surface area (Å²) in [7, 11) is -3.67. The Hall–Kier alpha value is -3.46. The lowest BCUT2D eigenvalue weighted by atomic mass is 10.1. The molecule has 0 radical (unpaired) electrons. The number of aromatic nitrogens is 2. The zero-order chi connectivity index (χ0) is 23.4. The number of sulfonamides is 1. The topological polar surface area (TPSA) is 95.5 Å². The third kappa shape index (κ3) is 5.48. The van der Waals surface area contributed by atoms with E-state index in [-0.39, 0.29) is 17.2 Å². The molecule has 1 N–H and O–H groups in total. The van der Waals surface area contributed by atoms with Crippen molar-refractivity contribution in [1.82, 2.24) is 14.9 Å². The summed E-state index contributed by atoms with van der Waals surface area (Å²) in [6.07, 6.45) is 3.70. The van der Waals surface area contributed by atoms with Crippen LogP contribution in [0.4, 0.5) is 11.6 Å². The SMILES string of the molecule is Cc1ccc(S(=O)(=O)Nc2ccc(CC(=O)N3CCN(c4ncccn4)CC3)cc2)cc1C. The molecule has 1 amide bonds. The highest BCUT2D eigenvalue weighted by molar-refractivity contribution is 7.92. The van der Waals surface area contributed by atoms with Crippen LogP contribution in [0.1, 0.15) is 16.7 Å². The summed E-state index contributed by atoms with van der Waals surface area (Å²) >= 11 is 0. The largest absolute Gasteiger partial charge is 0.339 e. The fourth-order valence-electron chi connectivity index (χ4n) is 3.68. The molecule has 0 spiro atoms. The molecule has 1 fully saturated rings. The molecule has 0 bridgehead atoms. The smallest absolute Gasteiger partial charge is 0.261 e. The van der Waals surface area contributed by atoms with Crippen LogP contribution in [-0.4, -0.2) is 55.4 Å². The molecule has 3 aromatic rings. The molecule has 0 unspecified atom stereocenters. The Morgan fingerprint density at radius 1 is 0.939 bits per heavy atom. The van der Waals surface area contributed by atoms with Gasteiger partial charge in [-0.3, -0.25) is 9.52 Å². The second-order valence-electron chi connectivity index (χ2n) is 8.14. The van der Waals surface area contributed by atoms with E-state index in [0.29, 0.717) is 37.8 Å². The molecule has 0 atom stereocenters. The van der Waals surface area contributed by atoms with Gasteiger partial charge in [-0.15, -0.1) is 0 Å². The molecule has 1 aromatic heterocycles. The second kappa shape index (κ2) is 9.58. The van der Waals surface area contributed by atoms with E-state index in [0.717, 1.165) is 16.7 Å². The maximum Gasteiger partial charge on any atom is 0.261 e. The highest BCUT2D eigenvalue weighted by Crippen LogP contribution is 2.20. The van der Waals surface area contributed by atoms with Crippen molar-refractivity contribution in [1.29, 1.82) is 0 Å². The summed E-state index contributed by atoms with van der Waals surface area (Å²) in [6, 6.07) is 13.8. The molecule has 0 aliphatic carbocycles. The number of anilines is 2. The Balaban J connectivity index is 1.33. The standard InChI is InChI=1S/C24H27N5O3S/c1-18-4-9-22(16-19(18)2)33(31,32)27-21-7-5-20(6-8-21)17-23(30)28-12-14-29(15-13-28)24-25-10-3-11-26-24/h3-11,16,27H,12-15,17H2,1-2H3. The molecule has 172 valence electrons. The van der Waals surface area contributed by atoms with Crippen molar-refractivity contribution in [2.75, 3.05) is 35.8 Å². The summed E-state index contributed by atoms with van der Waals surface area (Å²) in [4.78, 5) is 25.4. The first-order valence-electron chi connectivity index (χ1n) is 10.8. The number of nitrogens with zero attached hydrogens (tertiary/aromatic N) is 4. The zero-order valence-corrected chi connectivity index (χ0v) is 19.5. The Kier molecular flexibility index (Phi) is 6.60. The van der Waals surface area contributed by atoms with Crippen molar-refractivity contribution in [2.24, 2.45) is 0 Å². The van der Waals surface area contributed by atoms with Gasteiger partial charge < -0.3 is 9.80 Å². The van der Waals surface area contributed by atoms with Crippen LogP contribution in [0.3, 0.4) is 0 Å². The van der Waals surface area contributed by atoms with E-state index in [1.165, 1.54) is 0 Å². The minimum Gasteiger partial charge on any atom is -0.339 e. The molecule has 8 nitrogen and oxygen atoms in total. The average molecular weight is 466 g/mol. The number of aryl methyl sites for hydroxylation is 2. The third-order valence-corrected chi connectivity index (χ3v) is 7.20. The normalized spacial score (nSPS) is 14.2. The number of carbonyl (C=O) groups excluding carboxylic acids is 1. The van der Waals surface area contributed by atoms with Crippen molar-refractivity contribution in [3.05, 3.63) is 77.6 Å². The van der Waals surface area contributed by atoms with Crippen LogP contribution in [0.5, 0.6) is 0 Å². The molecule has 0 saturated carbocycles. The van der Waals surface area contributed by atoms with E-state index in [1.807, 2.05) is 18.7 Å². The number of hydrogen-bond donors (Lipinski definition) is 1. The molecular formula is C24H27N5O3S. The number of carbonyl (C=O) groups is 1. The van der Waals surface area contributed by atoms with Gasteiger partial charge in [0, 0.05) is 44.3 Å². The molecule has 1 aliphatic heterocycles. The van der Waals surface area contributed by atoms with Crippen LogP contribution in [0.25, 0.3) is 0 Å². The van der Waals surface area contributed by atoms with Crippen molar-refractivity contribution in [2.45, 2.75) is 25.2 Å². The average Bonchev–Trinajstić information content (AvgIpc) is 2.82. The first-order valence-corrected chi connectivity index (χ1v) is 12.3.